The molecule has 0 radical (unpaired) electrons. The van der Waals surface area contributed by atoms with E-state index >= 15 is 0 Å². The molecule has 1 aliphatic heterocycles. The summed E-state index contributed by atoms with van der Waals surface area (Å²) < 4.78 is 7.31. The number of nitrogens with zero attached hydrogens (tertiary/aromatic N) is 4. The summed E-state index contributed by atoms with van der Waals surface area (Å²) in [6, 6.07) is 13.5. The van der Waals surface area contributed by atoms with Gasteiger partial charge in [0.25, 0.3) is 5.91 Å². The van der Waals surface area contributed by atoms with E-state index < -0.39 is 6.10 Å². The molecule has 0 bridgehead atoms. The number of aliphatic hydroxyl groups excluding tert-OH is 1. The Hall–Kier alpha value is -2.81. The van der Waals surface area contributed by atoms with Gasteiger partial charge in [-0.3, -0.25) is 4.79 Å². The van der Waals surface area contributed by atoms with Gasteiger partial charge < -0.3 is 20.1 Å². The molecule has 2 aromatic heterocycles. The molecule has 1 saturated heterocycles. The second kappa shape index (κ2) is 9.34. The molecule has 3 heterocycles. The number of amides is 1. The minimum atomic E-state index is -0.783. The number of nitrogens with one attached hydrogen (secondary N) is 1. The van der Waals surface area contributed by atoms with Crippen molar-refractivity contribution >= 4 is 11.6 Å². The van der Waals surface area contributed by atoms with Crippen LogP contribution in [0.1, 0.15) is 22.5 Å². The largest absolute Gasteiger partial charge is 0.388 e. The first kappa shape index (κ1) is 20.5. The summed E-state index contributed by atoms with van der Waals surface area (Å²) in [7, 11) is 2.02. The summed E-state index contributed by atoms with van der Waals surface area (Å²) >= 11 is 0. The van der Waals surface area contributed by atoms with Crippen molar-refractivity contribution in [1.29, 1.82) is 0 Å². The highest BCUT2D eigenvalue weighted by molar-refractivity contribution is 5.93. The molecule has 8 heteroatoms. The summed E-state index contributed by atoms with van der Waals surface area (Å²) in [6.07, 6.45) is 3.45. The van der Waals surface area contributed by atoms with Crippen molar-refractivity contribution in [3.05, 3.63) is 66.1 Å². The van der Waals surface area contributed by atoms with Crippen LogP contribution in [0.2, 0.25) is 0 Å². The average Bonchev–Trinajstić information content (AvgIpc) is 3.20. The average molecular weight is 409 g/mol. The predicted octanol–water partition coefficient (Wildman–Crippen LogP) is 1.15. The summed E-state index contributed by atoms with van der Waals surface area (Å²) in [5.74, 6) is -0.302. The van der Waals surface area contributed by atoms with Gasteiger partial charge in [-0.25, -0.2) is 9.50 Å². The molecule has 0 unspecified atom stereocenters. The molecular formula is C22H27N5O3. The van der Waals surface area contributed by atoms with Crippen LogP contribution in [0.15, 0.2) is 54.9 Å². The summed E-state index contributed by atoms with van der Waals surface area (Å²) in [4.78, 5) is 19.1. The van der Waals surface area contributed by atoms with E-state index in [-0.39, 0.29) is 18.1 Å². The van der Waals surface area contributed by atoms with E-state index in [1.165, 1.54) is 16.3 Å². The molecule has 1 aliphatic rings. The molecule has 2 N–H and O–H groups in total. The van der Waals surface area contributed by atoms with E-state index in [4.69, 9.17) is 4.74 Å². The first-order valence-electron chi connectivity index (χ1n) is 10.2. The lowest BCUT2D eigenvalue weighted by atomic mass is 9.98. The second-order valence-electron chi connectivity index (χ2n) is 7.70. The van der Waals surface area contributed by atoms with Gasteiger partial charge in [-0.05, 0) is 37.6 Å². The van der Waals surface area contributed by atoms with Gasteiger partial charge in [0.15, 0.2) is 5.65 Å². The third-order valence-electron chi connectivity index (χ3n) is 5.50. The topological polar surface area (TPSA) is 92.0 Å². The van der Waals surface area contributed by atoms with Gasteiger partial charge in [0, 0.05) is 25.9 Å². The van der Waals surface area contributed by atoms with Gasteiger partial charge in [0.1, 0.15) is 11.8 Å². The number of rotatable bonds is 7. The van der Waals surface area contributed by atoms with E-state index in [0.717, 1.165) is 13.0 Å². The van der Waals surface area contributed by atoms with Crippen molar-refractivity contribution in [2.24, 2.45) is 0 Å². The highest BCUT2D eigenvalue weighted by atomic mass is 16.5. The Labute approximate surface area is 175 Å². The quantitative estimate of drug-likeness (QED) is 0.608. The molecule has 1 aromatic carbocycles. The Morgan fingerprint density at radius 3 is 2.97 bits per heavy atom. The first-order chi connectivity index (χ1) is 14.6. The Morgan fingerprint density at radius 1 is 1.30 bits per heavy atom. The molecule has 3 aromatic rings. The number of carbonyl (C=O) groups excluding carboxylic acids is 1. The van der Waals surface area contributed by atoms with Crippen LogP contribution in [0.3, 0.4) is 0 Å². The van der Waals surface area contributed by atoms with Crippen molar-refractivity contribution in [2.45, 2.75) is 31.1 Å². The summed E-state index contributed by atoms with van der Waals surface area (Å²) in [5, 5.41) is 17.9. The van der Waals surface area contributed by atoms with Crippen molar-refractivity contribution < 1.29 is 14.6 Å². The zero-order valence-electron chi connectivity index (χ0n) is 17.0. The number of ether oxygens (including phenoxy) is 1. The van der Waals surface area contributed by atoms with E-state index in [2.05, 4.69) is 32.4 Å². The lowest BCUT2D eigenvalue weighted by molar-refractivity contribution is -0.0974. The molecule has 3 atom stereocenters. The van der Waals surface area contributed by atoms with Gasteiger partial charge in [-0.15, -0.1) is 0 Å². The van der Waals surface area contributed by atoms with Gasteiger partial charge in [-0.2, -0.15) is 5.10 Å². The normalized spacial score (nSPS) is 21.8. The van der Waals surface area contributed by atoms with Crippen LogP contribution in [0.25, 0.3) is 5.65 Å². The number of likely N-dealkylation sites (N-methyl/N-ethyl adjacent to an activating group) is 1. The van der Waals surface area contributed by atoms with Crippen LogP contribution in [0, 0.1) is 0 Å². The minimum absolute atomic E-state index is 0.302. The Balaban J connectivity index is 1.33. The van der Waals surface area contributed by atoms with Crippen molar-refractivity contribution in [3.8, 4) is 0 Å². The minimum Gasteiger partial charge on any atom is -0.388 e. The number of aliphatic hydroxyl groups is 1. The van der Waals surface area contributed by atoms with Gasteiger partial charge in [0.05, 0.1) is 18.3 Å². The molecule has 30 heavy (non-hydrogen) atoms. The molecule has 0 saturated carbocycles. The number of benzene rings is 1. The molecule has 0 aliphatic carbocycles. The van der Waals surface area contributed by atoms with Crippen molar-refractivity contribution in [1.82, 2.24) is 24.8 Å². The zero-order valence-corrected chi connectivity index (χ0v) is 17.0. The fourth-order valence-corrected chi connectivity index (χ4v) is 3.78. The number of aromatic nitrogens is 3. The highest BCUT2D eigenvalue weighted by Crippen LogP contribution is 2.17. The molecular weight excluding hydrogens is 382 g/mol. The van der Waals surface area contributed by atoms with Crippen LogP contribution in [0.4, 0.5) is 0 Å². The monoisotopic (exact) mass is 409 g/mol. The number of carbonyl (C=O) groups is 1. The number of imidazole rings is 1. The molecule has 8 nitrogen and oxygen atoms in total. The predicted molar refractivity (Wildman–Crippen MR) is 112 cm³/mol. The summed E-state index contributed by atoms with van der Waals surface area (Å²) in [6.45, 7) is 1.95. The Morgan fingerprint density at radius 2 is 2.13 bits per heavy atom. The van der Waals surface area contributed by atoms with Crippen molar-refractivity contribution in [2.75, 3.05) is 26.7 Å². The second-order valence-corrected chi connectivity index (χ2v) is 7.70. The van der Waals surface area contributed by atoms with E-state index in [9.17, 15) is 9.90 Å². The van der Waals surface area contributed by atoms with E-state index in [0.29, 0.717) is 30.9 Å². The molecule has 4 rings (SSSR count). The van der Waals surface area contributed by atoms with Gasteiger partial charge in [-0.1, -0.05) is 30.3 Å². The van der Waals surface area contributed by atoms with Gasteiger partial charge in [0.2, 0.25) is 0 Å². The van der Waals surface area contributed by atoms with Crippen LogP contribution in [-0.2, 0) is 11.2 Å². The number of hydrogen-bond acceptors (Lipinski definition) is 6. The molecule has 1 amide bonds. The Kier molecular flexibility index (Phi) is 6.37. The third-order valence-corrected chi connectivity index (χ3v) is 5.50. The third kappa shape index (κ3) is 4.67. The molecule has 1 fully saturated rings. The zero-order chi connectivity index (χ0) is 20.9. The maximum atomic E-state index is 12.7. The lowest BCUT2D eigenvalue weighted by Crippen LogP contribution is -2.56. The van der Waals surface area contributed by atoms with Crippen LogP contribution >= 0.6 is 0 Å². The van der Waals surface area contributed by atoms with Crippen molar-refractivity contribution in [3.63, 3.8) is 0 Å². The lowest BCUT2D eigenvalue weighted by Gasteiger charge is -2.37. The number of fused-ring (bicyclic) bond motifs is 1. The van der Waals surface area contributed by atoms with Gasteiger partial charge >= 0.3 is 0 Å². The van der Waals surface area contributed by atoms with Crippen LogP contribution in [-0.4, -0.2) is 75.5 Å². The smallest absolute Gasteiger partial charge is 0.271 e. The molecule has 0 spiro atoms. The SMILES string of the molecule is CN(CCc1ccccc1)C[C@H]1OCC[C@H](NC(=O)c2cnc3cccnn23)[C@@H]1O. The summed E-state index contributed by atoms with van der Waals surface area (Å²) in [5.41, 5.74) is 2.23. The van der Waals surface area contributed by atoms with Crippen LogP contribution in [0.5, 0.6) is 0 Å². The molecule has 158 valence electrons. The maximum absolute atomic E-state index is 12.7. The maximum Gasteiger partial charge on any atom is 0.271 e. The Bertz CT molecular complexity index is 977. The van der Waals surface area contributed by atoms with E-state index in [1.807, 2.05) is 25.2 Å². The fourth-order valence-electron chi connectivity index (χ4n) is 3.78. The van der Waals surface area contributed by atoms with Crippen LogP contribution < -0.4 is 5.32 Å². The first-order valence-corrected chi connectivity index (χ1v) is 10.2. The standard InChI is InChI=1S/C22H27N5O3/c1-26(12-9-16-6-3-2-4-7-16)15-19-21(28)17(10-13-30-19)25-22(29)18-14-23-20-8-5-11-24-27(18)20/h2-8,11,14,17,19,21,28H,9-10,12-13,15H2,1H3,(H,25,29)/t17-,19+,21-/m0/s1. The number of hydrogen-bond donors (Lipinski definition) is 2. The fraction of sp³-hybridized carbons (Fsp3) is 0.409. The van der Waals surface area contributed by atoms with E-state index in [1.54, 1.807) is 18.3 Å². The highest BCUT2D eigenvalue weighted by Gasteiger charge is 2.34.